The summed E-state index contributed by atoms with van der Waals surface area (Å²) in [5, 5.41) is 27.6. The Balaban J connectivity index is 1.51. The molecule has 0 aliphatic heterocycles. The molecule has 7 aromatic carbocycles. The second-order valence-electron chi connectivity index (χ2n) is 10.3. The van der Waals surface area contributed by atoms with E-state index in [1.807, 2.05) is 36.4 Å². The molecular formula is C36H21B3O2. The van der Waals surface area contributed by atoms with Crippen LogP contribution in [0.15, 0.2) is 115 Å². The quantitative estimate of drug-likeness (QED) is 0.225. The monoisotopic (exact) mass is 518 g/mol. The van der Waals surface area contributed by atoms with Crippen molar-refractivity contribution in [3.05, 3.63) is 115 Å². The standard InChI is InChI=1S/C36H21B3O2/c37-32-31(35(40)34(39)36(41)33(32)38)30-27-13-5-3-11-25(27)29(26-12-4-6-14-28(26)30)22-18-16-21(17-19-22)24-15-7-9-20-8-1-2-10-23(20)24/h1-19,40-41H. The third-order valence-electron chi connectivity index (χ3n) is 8.02. The molecular weight excluding hydrogens is 497 g/mol. The fourth-order valence-electron chi connectivity index (χ4n) is 6.04. The van der Waals surface area contributed by atoms with Gasteiger partial charge in [0, 0.05) is 11.1 Å². The Morgan fingerprint density at radius 1 is 0.366 bits per heavy atom. The number of fused-ring (bicyclic) bond motifs is 3. The van der Waals surface area contributed by atoms with Crippen molar-refractivity contribution in [2.24, 2.45) is 0 Å². The maximum absolute atomic E-state index is 11.1. The maximum atomic E-state index is 11.1. The van der Waals surface area contributed by atoms with Gasteiger partial charge in [0.15, 0.2) is 0 Å². The van der Waals surface area contributed by atoms with Gasteiger partial charge in [-0.3, -0.25) is 0 Å². The average molecular weight is 518 g/mol. The highest BCUT2D eigenvalue weighted by molar-refractivity contribution is 6.55. The summed E-state index contributed by atoms with van der Waals surface area (Å²) in [4.78, 5) is 0. The highest BCUT2D eigenvalue weighted by atomic mass is 16.3. The molecule has 0 saturated heterocycles. The van der Waals surface area contributed by atoms with Crippen LogP contribution in [0.2, 0.25) is 0 Å². The van der Waals surface area contributed by atoms with Crippen LogP contribution in [0.1, 0.15) is 0 Å². The van der Waals surface area contributed by atoms with Crippen molar-refractivity contribution < 1.29 is 10.2 Å². The number of hydrogen-bond donors (Lipinski definition) is 2. The fourth-order valence-corrected chi connectivity index (χ4v) is 6.04. The molecule has 7 aromatic rings. The van der Waals surface area contributed by atoms with E-state index in [0.717, 1.165) is 38.2 Å². The summed E-state index contributed by atoms with van der Waals surface area (Å²) in [6.07, 6.45) is 0. The van der Waals surface area contributed by atoms with Crippen LogP contribution in [0.25, 0.3) is 65.7 Å². The van der Waals surface area contributed by atoms with E-state index in [4.69, 9.17) is 23.5 Å². The predicted molar refractivity (Wildman–Crippen MR) is 175 cm³/mol. The van der Waals surface area contributed by atoms with E-state index in [0.29, 0.717) is 11.1 Å². The van der Waals surface area contributed by atoms with Crippen LogP contribution in [-0.2, 0) is 0 Å². The molecule has 186 valence electrons. The van der Waals surface area contributed by atoms with Crippen molar-refractivity contribution >= 4 is 72.2 Å². The molecule has 0 unspecified atom stereocenters. The molecule has 0 saturated carbocycles. The van der Waals surface area contributed by atoms with E-state index in [9.17, 15) is 10.2 Å². The lowest BCUT2D eigenvalue weighted by Gasteiger charge is -2.22. The summed E-state index contributed by atoms with van der Waals surface area (Å²) in [6.45, 7) is 0. The Kier molecular flexibility index (Phi) is 5.90. The van der Waals surface area contributed by atoms with Gasteiger partial charge in [0.25, 0.3) is 0 Å². The Morgan fingerprint density at radius 3 is 1.46 bits per heavy atom. The van der Waals surface area contributed by atoms with Gasteiger partial charge < -0.3 is 10.2 Å². The number of rotatable bonds is 3. The smallest absolute Gasteiger partial charge is 0.124 e. The van der Waals surface area contributed by atoms with Crippen molar-refractivity contribution in [1.82, 2.24) is 0 Å². The van der Waals surface area contributed by atoms with Crippen LogP contribution in [0.5, 0.6) is 11.5 Å². The minimum atomic E-state index is -0.416. The zero-order chi connectivity index (χ0) is 28.2. The van der Waals surface area contributed by atoms with Gasteiger partial charge >= 0.3 is 0 Å². The summed E-state index contributed by atoms with van der Waals surface area (Å²) >= 11 is 0. The Morgan fingerprint density at radius 2 is 0.854 bits per heavy atom. The topological polar surface area (TPSA) is 40.5 Å². The molecule has 0 heterocycles. The summed E-state index contributed by atoms with van der Waals surface area (Å²) in [5.41, 5.74) is 5.30. The molecule has 0 bridgehead atoms. The normalized spacial score (nSPS) is 11.4. The van der Waals surface area contributed by atoms with Gasteiger partial charge in [-0.1, -0.05) is 126 Å². The predicted octanol–water partition coefficient (Wildman–Crippen LogP) is 5.94. The van der Waals surface area contributed by atoms with Crippen LogP contribution >= 0.6 is 0 Å². The van der Waals surface area contributed by atoms with Crippen molar-refractivity contribution in [2.75, 3.05) is 0 Å². The van der Waals surface area contributed by atoms with Crippen LogP contribution in [0.3, 0.4) is 0 Å². The van der Waals surface area contributed by atoms with E-state index in [1.165, 1.54) is 16.3 Å². The van der Waals surface area contributed by atoms with Gasteiger partial charge in [0.2, 0.25) is 0 Å². The van der Waals surface area contributed by atoms with Crippen molar-refractivity contribution in [1.29, 1.82) is 0 Å². The van der Waals surface area contributed by atoms with Gasteiger partial charge in [-0.05, 0) is 60.0 Å². The molecule has 0 spiro atoms. The Hall–Kier alpha value is -4.89. The van der Waals surface area contributed by atoms with Crippen LogP contribution in [0.4, 0.5) is 0 Å². The molecule has 7 rings (SSSR count). The molecule has 0 aromatic heterocycles. The van der Waals surface area contributed by atoms with Gasteiger partial charge in [0.1, 0.15) is 35.0 Å². The molecule has 5 heteroatoms. The van der Waals surface area contributed by atoms with E-state index < -0.39 is 5.75 Å². The van der Waals surface area contributed by atoms with Gasteiger partial charge in [-0.15, -0.1) is 0 Å². The first-order valence-corrected chi connectivity index (χ1v) is 13.4. The van der Waals surface area contributed by atoms with Crippen molar-refractivity contribution in [3.63, 3.8) is 0 Å². The third kappa shape index (κ3) is 3.84. The average Bonchev–Trinajstić information content (AvgIpc) is 3.02. The molecule has 0 atom stereocenters. The molecule has 2 nitrogen and oxygen atoms in total. The number of aromatic hydroxyl groups is 2. The van der Waals surface area contributed by atoms with E-state index >= 15 is 0 Å². The molecule has 0 aliphatic rings. The number of phenolic OH excluding ortho intramolecular Hbond substituents is 2. The molecule has 41 heavy (non-hydrogen) atoms. The maximum Gasteiger partial charge on any atom is 0.124 e. The Labute approximate surface area is 242 Å². The second-order valence-corrected chi connectivity index (χ2v) is 10.3. The lowest BCUT2D eigenvalue weighted by atomic mass is 9.70. The number of benzene rings is 7. The molecule has 0 aliphatic carbocycles. The molecule has 0 amide bonds. The van der Waals surface area contributed by atoms with Crippen LogP contribution in [0, 0.1) is 0 Å². The zero-order valence-electron chi connectivity index (χ0n) is 22.1. The first-order chi connectivity index (χ1) is 20.0. The first-order valence-electron chi connectivity index (χ1n) is 13.4. The van der Waals surface area contributed by atoms with Gasteiger partial charge in [-0.25, -0.2) is 0 Å². The van der Waals surface area contributed by atoms with E-state index in [2.05, 4.69) is 78.9 Å². The van der Waals surface area contributed by atoms with Crippen molar-refractivity contribution in [3.8, 4) is 44.9 Å². The molecule has 0 fully saturated rings. The highest BCUT2D eigenvalue weighted by Gasteiger charge is 2.22. The van der Waals surface area contributed by atoms with Crippen LogP contribution in [-0.4, -0.2) is 33.8 Å². The molecule has 6 radical (unpaired) electrons. The lowest BCUT2D eigenvalue weighted by Crippen LogP contribution is -2.33. The first kappa shape index (κ1) is 25.1. The highest BCUT2D eigenvalue weighted by Crippen LogP contribution is 2.45. The SMILES string of the molecule is [B]c1c([B])c(-c2c3ccccc3c(-c3ccc(-c4cccc5ccccc45)cc3)c3ccccc23)c(O)c([B])c1O. The summed E-state index contributed by atoms with van der Waals surface area (Å²) in [5.74, 6) is -0.711. The largest absolute Gasteiger partial charge is 0.509 e. The zero-order valence-corrected chi connectivity index (χ0v) is 22.1. The third-order valence-corrected chi connectivity index (χ3v) is 8.02. The number of hydrogen-bond acceptors (Lipinski definition) is 2. The fraction of sp³-hybridized carbons (Fsp3) is 0. The van der Waals surface area contributed by atoms with E-state index in [-0.39, 0.29) is 22.1 Å². The van der Waals surface area contributed by atoms with Crippen molar-refractivity contribution in [2.45, 2.75) is 0 Å². The lowest BCUT2D eigenvalue weighted by molar-refractivity contribution is 0.463. The van der Waals surface area contributed by atoms with E-state index in [1.54, 1.807) is 0 Å². The second kappa shape index (κ2) is 9.64. The Bertz CT molecular complexity index is 2060. The minimum Gasteiger partial charge on any atom is -0.509 e. The van der Waals surface area contributed by atoms with Crippen LogP contribution < -0.4 is 16.4 Å². The van der Waals surface area contributed by atoms with Gasteiger partial charge in [-0.2, -0.15) is 0 Å². The number of phenols is 2. The summed E-state index contributed by atoms with van der Waals surface area (Å²) < 4.78 is 0. The summed E-state index contributed by atoms with van der Waals surface area (Å²) in [6, 6.07) is 39.5. The van der Waals surface area contributed by atoms with Gasteiger partial charge in [0.05, 0.1) is 0 Å². The minimum absolute atomic E-state index is 0.0587. The summed E-state index contributed by atoms with van der Waals surface area (Å²) in [7, 11) is 18.6. The molecule has 2 N–H and O–H groups in total.